The average Bonchev–Trinajstić information content (AvgIpc) is 2.42. The van der Waals surface area contributed by atoms with Crippen LogP contribution in [0.4, 0.5) is 13.2 Å². The molecular formula is C7H10F3N. The Morgan fingerprint density at radius 3 is 2.18 bits per heavy atom. The molecule has 0 saturated carbocycles. The fourth-order valence-electron chi connectivity index (χ4n) is 2.19. The Balaban J connectivity index is 2.08. The van der Waals surface area contributed by atoms with E-state index in [0.717, 1.165) is 6.42 Å². The maximum Gasteiger partial charge on any atom is 0.393 e. The highest BCUT2D eigenvalue weighted by Crippen LogP contribution is 2.42. The lowest BCUT2D eigenvalue weighted by Crippen LogP contribution is -2.33. The molecule has 0 aromatic carbocycles. The zero-order valence-corrected chi connectivity index (χ0v) is 5.99. The summed E-state index contributed by atoms with van der Waals surface area (Å²) in [7, 11) is 0. The Morgan fingerprint density at radius 2 is 1.91 bits per heavy atom. The summed E-state index contributed by atoms with van der Waals surface area (Å²) in [5, 5.41) is 2.96. The van der Waals surface area contributed by atoms with E-state index < -0.39 is 12.1 Å². The zero-order valence-electron chi connectivity index (χ0n) is 5.99. The van der Waals surface area contributed by atoms with E-state index >= 15 is 0 Å². The van der Waals surface area contributed by atoms with Crippen molar-refractivity contribution in [3.8, 4) is 0 Å². The van der Waals surface area contributed by atoms with Gasteiger partial charge in [0.1, 0.15) is 0 Å². The van der Waals surface area contributed by atoms with Gasteiger partial charge >= 0.3 is 6.18 Å². The predicted octanol–water partition coefficient (Wildman–Crippen LogP) is 1.69. The van der Waals surface area contributed by atoms with Gasteiger partial charge in [-0.15, -0.1) is 0 Å². The molecule has 2 bridgehead atoms. The maximum absolute atomic E-state index is 12.2. The topological polar surface area (TPSA) is 12.0 Å². The Morgan fingerprint density at radius 1 is 1.18 bits per heavy atom. The minimum absolute atomic E-state index is 0.145. The van der Waals surface area contributed by atoms with Crippen LogP contribution in [0.5, 0.6) is 0 Å². The van der Waals surface area contributed by atoms with Crippen molar-refractivity contribution in [2.24, 2.45) is 5.92 Å². The highest BCUT2D eigenvalue weighted by atomic mass is 19.4. The molecule has 0 amide bonds. The first-order valence-corrected chi connectivity index (χ1v) is 3.90. The van der Waals surface area contributed by atoms with Gasteiger partial charge in [0.15, 0.2) is 0 Å². The van der Waals surface area contributed by atoms with Crippen LogP contribution in [0.3, 0.4) is 0 Å². The monoisotopic (exact) mass is 165 g/mol. The second kappa shape index (κ2) is 2.12. The minimum atomic E-state index is -3.98. The number of alkyl halides is 3. The summed E-state index contributed by atoms with van der Waals surface area (Å²) in [6.07, 6.45) is -2.05. The molecule has 0 spiro atoms. The Labute approximate surface area is 63.0 Å². The summed E-state index contributed by atoms with van der Waals surface area (Å²) in [6, 6.07) is -0.133. The normalized spacial score (nSPS) is 43.4. The molecule has 0 unspecified atom stereocenters. The van der Waals surface area contributed by atoms with E-state index in [9.17, 15) is 13.2 Å². The first-order valence-electron chi connectivity index (χ1n) is 3.90. The van der Waals surface area contributed by atoms with Crippen molar-refractivity contribution in [2.75, 3.05) is 0 Å². The molecule has 2 fully saturated rings. The number of rotatable bonds is 0. The molecular weight excluding hydrogens is 155 g/mol. The van der Waals surface area contributed by atoms with E-state index in [1.807, 2.05) is 0 Å². The second-order valence-electron chi connectivity index (χ2n) is 3.43. The highest BCUT2D eigenvalue weighted by Gasteiger charge is 2.52. The van der Waals surface area contributed by atoms with Gasteiger partial charge in [0, 0.05) is 12.1 Å². The Kier molecular flexibility index (Phi) is 1.43. The van der Waals surface area contributed by atoms with Crippen LogP contribution < -0.4 is 5.32 Å². The largest absolute Gasteiger partial charge is 0.393 e. The van der Waals surface area contributed by atoms with Crippen LogP contribution >= 0.6 is 0 Å². The number of fused-ring (bicyclic) bond motifs is 2. The smallest absolute Gasteiger partial charge is 0.311 e. The molecule has 2 aliphatic heterocycles. The predicted molar refractivity (Wildman–Crippen MR) is 34.1 cm³/mol. The Hall–Kier alpha value is -0.250. The third kappa shape index (κ3) is 1.13. The molecule has 2 aliphatic rings. The molecule has 3 atom stereocenters. The van der Waals surface area contributed by atoms with Crippen LogP contribution in [0, 0.1) is 5.92 Å². The van der Waals surface area contributed by atoms with Crippen molar-refractivity contribution >= 4 is 0 Å². The maximum atomic E-state index is 12.2. The molecule has 0 aliphatic carbocycles. The number of hydrogen-bond donors (Lipinski definition) is 1. The lowest BCUT2D eigenvalue weighted by atomic mass is 9.89. The van der Waals surface area contributed by atoms with Crippen LogP contribution in [-0.4, -0.2) is 18.3 Å². The molecule has 11 heavy (non-hydrogen) atoms. The van der Waals surface area contributed by atoms with Gasteiger partial charge in [0.2, 0.25) is 0 Å². The van der Waals surface area contributed by atoms with E-state index in [-0.39, 0.29) is 12.1 Å². The van der Waals surface area contributed by atoms with Crippen molar-refractivity contribution in [3.05, 3.63) is 0 Å². The van der Waals surface area contributed by atoms with Crippen LogP contribution in [0.2, 0.25) is 0 Å². The van der Waals surface area contributed by atoms with Crippen molar-refractivity contribution in [1.29, 1.82) is 0 Å². The van der Waals surface area contributed by atoms with Crippen molar-refractivity contribution in [1.82, 2.24) is 5.32 Å². The van der Waals surface area contributed by atoms with Gasteiger partial charge in [0.05, 0.1) is 5.92 Å². The van der Waals surface area contributed by atoms with E-state index in [0.29, 0.717) is 12.8 Å². The molecule has 0 radical (unpaired) electrons. The third-order valence-corrected chi connectivity index (χ3v) is 2.72. The SMILES string of the molecule is FC(F)(F)[C@H]1C[C@H]2CC[C@@H]1N2. The second-order valence-corrected chi connectivity index (χ2v) is 3.43. The number of hydrogen-bond acceptors (Lipinski definition) is 1. The van der Waals surface area contributed by atoms with Gasteiger partial charge in [-0.1, -0.05) is 0 Å². The molecule has 0 aromatic rings. The summed E-state index contributed by atoms with van der Waals surface area (Å²) in [5.41, 5.74) is 0. The van der Waals surface area contributed by atoms with Crippen LogP contribution in [0.15, 0.2) is 0 Å². The quantitative estimate of drug-likeness (QED) is 0.576. The highest BCUT2D eigenvalue weighted by molar-refractivity contribution is 4.99. The van der Waals surface area contributed by atoms with E-state index in [1.165, 1.54) is 0 Å². The van der Waals surface area contributed by atoms with Crippen LogP contribution in [0.1, 0.15) is 19.3 Å². The van der Waals surface area contributed by atoms with Gasteiger partial charge in [-0.05, 0) is 19.3 Å². The first kappa shape index (κ1) is 7.40. The van der Waals surface area contributed by atoms with Crippen molar-refractivity contribution in [3.63, 3.8) is 0 Å². The van der Waals surface area contributed by atoms with Crippen LogP contribution in [0.25, 0.3) is 0 Å². The lowest BCUT2D eigenvalue weighted by molar-refractivity contribution is -0.178. The zero-order chi connectivity index (χ0) is 8.06. The van der Waals surface area contributed by atoms with Gasteiger partial charge in [0.25, 0.3) is 0 Å². The van der Waals surface area contributed by atoms with Gasteiger partial charge in [-0.25, -0.2) is 0 Å². The molecule has 2 rings (SSSR count). The van der Waals surface area contributed by atoms with Crippen molar-refractivity contribution < 1.29 is 13.2 Å². The van der Waals surface area contributed by atoms with E-state index in [4.69, 9.17) is 0 Å². The summed E-state index contributed by atoms with van der Waals surface area (Å²) in [4.78, 5) is 0. The Bertz CT molecular complexity index is 166. The van der Waals surface area contributed by atoms with Crippen LogP contribution in [-0.2, 0) is 0 Å². The summed E-state index contributed by atoms with van der Waals surface area (Å²) >= 11 is 0. The number of nitrogens with one attached hydrogen (secondary N) is 1. The summed E-state index contributed by atoms with van der Waals surface area (Å²) in [5.74, 6) is -1.07. The molecule has 2 saturated heterocycles. The standard InChI is InChI=1S/C7H10F3N/c8-7(9,10)5-3-4-1-2-6(5)11-4/h4-6,11H,1-3H2/t4-,5+,6+/m1/s1. The molecule has 1 N–H and O–H groups in total. The third-order valence-electron chi connectivity index (χ3n) is 2.72. The molecule has 1 nitrogen and oxygen atoms in total. The van der Waals surface area contributed by atoms with E-state index in [1.54, 1.807) is 0 Å². The number of halogens is 3. The lowest BCUT2D eigenvalue weighted by Gasteiger charge is -2.22. The molecule has 2 heterocycles. The molecule has 0 aromatic heterocycles. The summed E-state index contributed by atoms with van der Waals surface area (Å²) in [6.45, 7) is 0. The van der Waals surface area contributed by atoms with Gasteiger partial charge in [-0.3, -0.25) is 0 Å². The van der Waals surface area contributed by atoms with Crippen molar-refractivity contribution in [2.45, 2.75) is 37.5 Å². The summed E-state index contributed by atoms with van der Waals surface area (Å²) < 4.78 is 36.5. The minimum Gasteiger partial charge on any atom is -0.311 e. The van der Waals surface area contributed by atoms with Gasteiger partial charge < -0.3 is 5.32 Å². The molecule has 4 heteroatoms. The fourth-order valence-corrected chi connectivity index (χ4v) is 2.19. The first-order chi connectivity index (χ1) is 5.07. The molecule has 64 valence electrons. The fraction of sp³-hybridized carbons (Fsp3) is 1.00. The van der Waals surface area contributed by atoms with E-state index in [2.05, 4.69) is 5.32 Å². The van der Waals surface area contributed by atoms with Gasteiger partial charge in [-0.2, -0.15) is 13.2 Å². The average molecular weight is 165 g/mol.